The molecule has 2 aromatic rings. The molecule has 0 aromatic heterocycles. The van der Waals surface area contributed by atoms with Gasteiger partial charge in [0.15, 0.2) is 5.78 Å². The van der Waals surface area contributed by atoms with Gasteiger partial charge in [0.05, 0.1) is 0 Å². The van der Waals surface area contributed by atoms with E-state index in [1.54, 1.807) is 6.08 Å². The predicted molar refractivity (Wildman–Crippen MR) is 89.4 cm³/mol. The molecule has 1 nitrogen and oxygen atoms in total. The summed E-state index contributed by atoms with van der Waals surface area (Å²) in [4.78, 5) is 12.1. The van der Waals surface area contributed by atoms with Crippen LogP contribution in [0.2, 0.25) is 0 Å². The van der Waals surface area contributed by atoms with E-state index in [0.717, 1.165) is 17.5 Å². The Kier molecular flexibility index (Phi) is 5.28. The van der Waals surface area contributed by atoms with Crippen LogP contribution in [0.5, 0.6) is 0 Å². The van der Waals surface area contributed by atoms with E-state index in [1.165, 1.54) is 11.1 Å². The Labute approximate surface area is 126 Å². The summed E-state index contributed by atoms with van der Waals surface area (Å²) in [5.74, 6) is 0.0348. The molecule has 0 N–H and O–H groups in total. The van der Waals surface area contributed by atoms with E-state index in [-0.39, 0.29) is 5.78 Å². The largest absolute Gasteiger partial charge is 0.289 e. The topological polar surface area (TPSA) is 17.1 Å². The molecule has 0 saturated heterocycles. The van der Waals surface area contributed by atoms with Crippen molar-refractivity contribution in [2.75, 3.05) is 0 Å². The molecule has 2 rings (SSSR count). The highest BCUT2D eigenvalue weighted by Crippen LogP contribution is 2.13. The molecule has 0 fully saturated rings. The average Bonchev–Trinajstić information content (AvgIpc) is 2.52. The van der Waals surface area contributed by atoms with Gasteiger partial charge >= 0.3 is 0 Å². The minimum absolute atomic E-state index is 0.0348. The zero-order valence-electron chi connectivity index (χ0n) is 12.5. The number of benzene rings is 2. The van der Waals surface area contributed by atoms with Crippen LogP contribution < -0.4 is 0 Å². The summed E-state index contributed by atoms with van der Waals surface area (Å²) < 4.78 is 0. The second kappa shape index (κ2) is 7.39. The Hall–Kier alpha value is -2.41. The Morgan fingerprint density at radius 3 is 2.33 bits per heavy atom. The van der Waals surface area contributed by atoms with Gasteiger partial charge in [0, 0.05) is 5.56 Å². The van der Waals surface area contributed by atoms with E-state index in [1.807, 2.05) is 54.6 Å². The van der Waals surface area contributed by atoms with Gasteiger partial charge in [-0.25, -0.2) is 0 Å². The van der Waals surface area contributed by atoms with E-state index in [9.17, 15) is 4.79 Å². The van der Waals surface area contributed by atoms with Crippen LogP contribution in [0.15, 0.2) is 72.3 Å². The van der Waals surface area contributed by atoms with Crippen LogP contribution in [0.1, 0.15) is 35.3 Å². The molecule has 0 amide bonds. The Morgan fingerprint density at radius 2 is 1.62 bits per heavy atom. The molecule has 0 aliphatic rings. The summed E-state index contributed by atoms with van der Waals surface area (Å²) in [6.07, 6.45) is 6.65. The maximum atomic E-state index is 12.1. The van der Waals surface area contributed by atoms with Crippen LogP contribution in [-0.4, -0.2) is 5.78 Å². The molecule has 0 spiro atoms. The summed E-state index contributed by atoms with van der Waals surface area (Å²) in [6, 6.07) is 17.5. The molecule has 0 heterocycles. The Bertz CT molecular complexity index is 659. The first kappa shape index (κ1) is 15.0. The SMILES string of the molecule is CC(C)=CCc1ccccc1C=CC(=O)c1ccccc1. The van der Waals surface area contributed by atoms with E-state index >= 15 is 0 Å². The monoisotopic (exact) mass is 276 g/mol. The number of hydrogen-bond acceptors (Lipinski definition) is 1. The fraction of sp³-hybridized carbons (Fsp3) is 0.150. The van der Waals surface area contributed by atoms with Gasteiger partial charge in [0.2, 0.25) is 0 Å². The van der Waals surface area contributed by atoms with Gasteiger partial charge in [-0.05, 0) is 37.5 Å². The number of carbonyl (C=O) groups excluding carboxylic acids is 1. The standard InChI is InChI=1S/C20H20O/c1-16(2)12-13-17-8-6-7-9-18(17)14-15-20(21)19-10-4-3-5-11-19/h3-12,14-15H,13H2,1-2H3. The molecule has 0 bridgehead atoms. The van der Waals surface area contributed by atoms with E-state index in [0.29, 0.717) is 0 Å². The van der Waals surface area contributed by atoms with Crippen molar-refractivity contribution in [3.05, 3.63) is 89.0 Å². The molecule has 106 valence electrons. The molecular weight excluding hydrogens is 256 g/mol. The summed E-state index contributed by atoms with van der Waals surface area (Å²) >= 11 is 0. The zero-order chi connectivity index (χ0) is 15.1. The summed E-state index contributed by atoms with van der Waals surface area (Å²) in [6.45, 7) is 4.19. The summed E-state index contributed by atoms with van der Waals surface area (Å²) in [5, 5.41) is 0. The second-order valence-corrected chi connectivity index (χ2v) is 5.25. The molecule has 2 aromatic carbocycles. The molecule has 0 radical (unpaired) electrons. The fourth-order valence-electron chi connectivity index (χ4n) is 2.06. The van der Waals surface area contributed by atoms with Crippen LogP contribution in [-0.2, 0) is 6.42 Å². The van der Waals surface area contributed by atoms with Gasteiger partial charge in [-0.1, -0.05) is 72.3 Å². The summed E-state index contributed by atoms with van der Waals surface area (Å²) in [7, 11) is 0. The first-order valence-electron chi connectivity index (χ1n) is 7.15. The van der Waals surface area contributed by atoms with Gasteiger partial charge in [-0.15, -0.1) is 0 Å². The van der Waals surface area contributed by atoms with Crippen molar-refractivity contribution in [2.24, 2.45) is 0 Å². The lowest BCUT2D eigenvalue weighted by Crippen LogP contribution is -1.93. The van der Waals surface area contributed by atoms with Crippen LogP contribution in [0.3, 0.4) is 0 Å². The third-order valence-corrected chi connectivity index (χ3v) is 3.26. The number of rotatable bonds is 5. The quantitative estimate of drug-likeness (QED) is 0.422. The third-order valence-electron chi connectivity index (χ3n) is 3.26. The van der Waals surface area contributed by atoms with Gasteiger partial charge in [-0.2, -0.15) is 0 Å². The van der Waals surface area contributed by atoms with E-state index in [2.05, 4.69) is 26.0 Å². The highest BCUT2D eigenvalue weighted by molar-refractivity contribution is 6.06. The van der Waals surface area contributed by atoms with E-state index < -0.39 is 0 Å². The van der Waals surface area contributed by atoms with Crippen LogP contribution in [0.4, 0.5) is 0 Å². The smallest absolute Gasteiger partial charge is 0.185 e. The Balaban J connectivity index is 2.17. The van der Waals surface area contributed by atoms with Crippen molar-refractivity contribution < 1.29 is 4.79 Å². The Morgan fingerprint density at radius 1 is 0.952 bits per heavy atom. The minimum Gasteiger partial charge on any atom is -0.289 e. The molecule has 0 atom stereocenters. The molecule has 21 heavy (non-hydrogen) atoms. The van der Waals surface area contributed by atoms with Gasteiger partial charge < -0.3 is 0 Å². The van der Waals surface area contributed by atoms with Gasteiger partial charge in [0.1, 0.15) is 0 Å². The van der Waals surface area contributed by atoms with Gasteiger partial charge in [-0.3, -0.25) is 4.79 Å². The van der Waals surface area contributed by atoms with Gasteiger partial charge in [0.25, 0.3) is 0 Å². The molecule has 0 aliphatic carbocycles. The normalized spacial score (nSPS) is 10.6. The van der Waals surface area contributed by atoms with Crippen LogP contribution >= 0.6 is 0 Å². The lowest BCUT2D eigenvalue weighted by Gasteiger charge is -2.03. The predicted octanol–water partition coefficient (Wildman–Crippen LogP) is 5.09. The highest BCUT2D eigenvalue weighted by Gasteiger charge is 2.01. The first-order chi connectivity index (χ1) is 10.2. The molecule has 0 saturated carbocycles. The summed E-state index contributed by atoms with van der Waals surface area (Å²) in [5.41, 5.74) is 4.35. The number of ketones is 1. The van der Waals surface area contributed by atoms with Crippen molar-refractivity contribution in [1.29, 1.82) is 0 Å². The van der Waals surface area contributed by atoms with Crippen molar-refractivity contribution in [3.8, 4) is 0 Å². The molecular formula is C20H20O. The van der Waals surface area contributed by atoms with Crippen molar-refractivity contribution in [1.82, 2.24) is 0 Å². The highest BCUT2D eigenvalue weighted by atomic mass is 16.1. The molecule has 1 heteroatoms. The van der Waals surface area contributed by atoms with Crippen LogP contribution in [0, 0.1) is 0 Å². The van der Waals surface area contributed by atoms with Crippen molar-refractivity contribution in [2.45, 2.75) is 20.3 Å². The third kappa shape index (κ3) is 4.57. The lowest BCUT2D eigenvalue weighted by atomic mass is 10.0. The maximum Gasteiger partial charge on any atom is 0.185 e. The van der Waals surface area contributed by atoms with Crippen molar-refractivity contribution >= 4 is 11.9 Å². The molecule has 0 unspecified atom stereocenters. The second-order valence-electron chi connectivity index (χ2n) is 5.25. The van der Waals surface area contributed by atoms with Crippen molar-refractivity contribution in [3.63, 3.8) is 0 Å². The number of hydrogen-bond donors (Lipinski definition) is 0. The number of carbonyl (C=O) groups is 1. The maximum absolute atomic E-state index is 12.1. The fourth-order valence-corrected chi connectivity index (χ4v) is 2.06. The first-order valence-corrected chi connectivity index (χ1v) is 7.15. The number of allylic oxidation sites excluding steroid dienone is 3. The minimum atomic E-state index is 0.0348. The average molecular weight is 276 g/mol. The lowest BCUT2D eigenvalue weighted by molar-refractivity contribution is 0.104. The van der Waals surface area contributed by atoms with Crippen LogP contribution in [0.25, 0.3) is 6.08 Å². The van der Waals surface area contributed by atoms with E-state index in [4.69, 9.17) is 0 Å². The zero-order valence-corrected chi connectivity index (χ0v) is 12.5. The molecule has 0 aliphatic heterocycles.